The van der Waals surface area contributed by atoms with E-state index in [1.807, 2.05) is 10.6 Å². The maximum atomic E-state index is 5.95. The van der Waals surface area contributed by atoms with E-state index in [9.17, 15) is 0 Å². The van der Waals surface area contributed by atoms with Gasteiger partial charge in [-0.2, -0.15) is 0 Å². The molecule has 1 aliphatic rings. The van der Waals surface area contributed by atoms with Gasteiger partial charge in [-0.25, -0.2) is 4.98 Å². The van der Waals surface area contributed by atoms with E-state index in [-0.39, 0.29) is 0 Å². The molecule has 1 fully saturated rings. The highest BCUT2D eigenvalue weighted by Gasteiger charge is 2.13. The highest BCUT2D eigenvalue weighted by Crippen LogP contribution is 2.13. The van der Waals surface area contributed by atoms with Crippen molar-refractivity contribution < 1.29 is 0 Å². The molecule has 0 N–H and O–H groups in total. The van der Waals surface area contributed by atoms with E-state index in [4.69, 9.17) is 11.6 Å². The van der Waals surface area contributed by atoms with Crippen molar-refractivity contribution in [2.45, 2.75) is 19.3 Å². The number of nitrogens with zero attached hydrogens (tertiary/aromatic N) is 5. The molecule has 5 nitrogen and oxygen atoms in total. The molecule has 0 saturated carbocycles. The first-order valence-electron chi connectivity index (χ1n) is 5.91. The summed E-state index contributed by atoms with van der Waals surface area (Å²) in [6, 6.07) is 0. The molecular weight excluding hydrogens is 238 g/mol. The summed E-state index contributed by atoms with van der Waals surface area (Å²) < 4.78 is 1.92. The fourth-order valence-corrected chi connectivity index (χ4v) is 2.46. The number of halogens is 1. The molecule has 3 rings (SSSR count). The molecule has 1 saturated heterocycles. The number of hydrogen-bond acceptors (Lipinski definition) is 4. The van der Waals surface area contributed by atoms with Gasteiger partial charge in [0.15, 0.2) is 10.8 Å². The molecule has 2 aromatic rings. The molecule has 2 aromatic heterocycles. The van der Waals surface area contributed by atoms with Gasteiger partial charge in [0, 0.05) is 25.4 Å². The van der Waals surface area contributed by atoms with Crippen LogP contribution in [0.3, 0.4) is 0 Å². The number of likely N-dealkylation sites (tertiary alicyclic amines) is 1. The number of aromatic nitrogens is 4. The van der Waals surface area contributed by atoms with Crippen LogP contribution < -0.4 is 0 Å². The lowest BCUT2D eigenvalue weighted by Crippen LogP contribution is -2.22. The van der Waals surface area contributed by atoms with Crippen LogP contribution in [0.2, 0.25) is 5.15 Å². The van der Waals surface area contributed by atoms with Crippen LogP contribution in [-0.2, 0) is 6.42 Å². The highest BCUT2D eigenvalue weighted by molar-refractivity contribution is 6.32. The molecule has 1 aliphatic heterocycles. The van der Waals surface area contributed by atoms with E-state index in [0.717, 1.165) is 18.8 Å². The van der Waals surface area contributed by atoms with Crippen LogP contribution >= 0.6 is 11.6 Å². The van der Waals surface area contributed by atoms with Crippen molar-refractivity contribution in [1.82, 2.24) is 24.5 Å². The third-order valence-electron chi connectivity index (χ3n) is 3.20. The van der Waals surface area contributed by atoms with Gasteiger partial charge in [-0.3, -0.25) is 4.40 Å². The third kappa shape index (κ3) is 2.12. The standard InChI is InChI=1S/C11H14ClN5/c12-10-11-15-14-9(17(11)8-4-13-10)3-7-16-5-1-2-6-16/h4,8H,1-3,5-7H2. The van der Waals surface area contributed by atoms with Gasteiger partial charge < -0.3 is 4.90 Å². The fraction of sp³-hybridized carbons (Fsp3) is 0.545. The quantitative estimate of drug-likeness (QED) is 0.828. The van der Waals surface area contributed by atoms with Crippen LogP contribution in [-0.4, -0.2) is 44.1 Å². The number of hydrogen-bond donors (Lipinski definition) is 0. The Kier molecular flexibility index (Phi) is 2.94. The Hall–Kier alpha value is -1.20. The van der Waals surface area contributed by atoms with Crippen molar-refractivity contribution in [2.75, 3.05) is 19.6 Å². The molecule has 0 aromatic carbocycles. The van der Waals surface area contributed by atoms with Crippen molar-refractivity contribution in [2.24, 2.45) is 0 Å². The van der Waals surface area contributed by atoms with Crippen LogP contribution in [0.5, 0.6) is 0 Å². The Morgan fingerprint density at radius 2 is 2.06 bits per heavy atom. The molecule has 0 amide bonds. The minimum atomic E-state index is 0.410. The SMILES string of the molecule is Clc1nccn2c(CCN3CCCC3)nnc12. The Labute approximate surface area is 104 Å². The molecule has 0 radical (unpaired) electrons. The summed E-state index contributed by atoms with van der Waals surface area (Å²) in [6.45, 7) is 3.46. The average molecular weight is 252 g/mol. The first-order valence-corrected chi connectivity index (χ1v) is 6.29. The smallest absolute Gasteiger partial charge is 0.198 e. The molecule has 0 spiro atoms. The van der Waals surface area contributed by atoms with E-state index in [1.54, 1.807) is 6.20 Å². The summed E-state index contributed by atoms with van der Waals surface area (Å²) >= 11 is 5.95. The van der Waals surface area contributed by atoms with Gasteiger partial charge in [-0.1, -0.05) is 11.6 Å². The topological polar surface area (TPSA) is 46.3 Å². The molecule has 0 bridgehead atoms. The summed E-state index contributed by atoms with van der Waals surface area (Å²) in [6.07, 6.45) is 7.08. The Bertz CT molecular complexity index is 518. The first-order chi connectivity index (χ1) is 8.34. The maximum Gasteiger partial charge on any atom is 0.198 e. The summed E-state index contributed by atoms with van der Waals surface area (Å²) in [7, 11) is 0. The van der Waals surface area contributed by atoms with Crippen molar-refractivity contribution >= 4 is 17.2 Å². The Balaban J connectivity index is 1.78. The van der Waals surface area contributed by atoms with E-state index >= 15 is 0 Å². The molecule has 6 heteroatoms. The monoisotopic (exact) mass is 251 g/mol. The summed E-state index contributed by atoms with van der Waals surface area (Å²) in [5, 5.41) is 8.65. The van der Waals surface area contributed by atoms with Crippen molar-refractivity contribution in [3.05, 3.63) is 23.4 Å². The van der Waals surface area contributed by atoms with Crippen molar-refractivity contribution in [3.8, 4) is 0 Å². The molecule has 0 unspecified atom stereocenters. The minimum Gasteiger partial charge on any atom is -0.303 e. The van der Waals surface area contributed by atoms with Crippen LogP contribution in [0, 0.1) is 0 Å². The van der Waals surface area contributed by atoms with E-state index < -0.39 is 0 Å². The Morgan fingerprint density at radius 3 is 2.88 bits per heavy atom. The van der Waals surface area contributed by atoms with Gasteiger partial charge in [0.05, 0.1) is 0 Å². The zero-order valence-electron chi connectivity index (χ0n) is 9.51. The molecule has 0 aliphatic carbocycles. The predicted octanol–water partition coefficient (Wildman–Crippen LogP) is 1.42. The average Bonchev–Trinajstić information content (AvgIpc) is 2.95. The second-order valence-corrected chi connectivity index (χ2v) is 4.68. The Morgan fingerprint density at radius 1 is 1.24 bits per heavy atom. The lowest BCUT2D eigenvalue weighted by atomic mass is 10.3. The van der Waals surface area contributed by atoms with Crippen molar-refractivity contribution in [3.63, 3.8) is 0 Å². The highest BCUT2D eigenvalue weighted by atomic mass is 35.5. The van der Waals surface area contributed by atoms with Gasteiger partial charge in [-0.15, -0.1) is 10.2 Å². The lowest BCUT2D eigenvalue weighted by molar-refractivity contribution is 0.340. The third-order valence-corrected chi connectivity index (χ3v) is 3.47. The second-order valence-electron chi connectivity index (χ2n) is 4.33. The summed E-state index contributed by atoms with van der Waals surface area (Å²) in [5.74, 6) is 0.955. The molecule has 90 valence electrons. The predicted molar refractivity (Wildman–Crippen MR) is 65.2 cm³/mol. The zero-order valence-corrected chi connectivity index (χ0v) is 10.3. The van der Waals surface area contributed by atoms with Crippen LogP contribution in [0.15, 0.2) is 12.4 Å². The summed E-state index contributed by atoms with van der Waals surface area (Å²) in [4.78, 5) is 6.45. The van der Waals surface area contributed by atoms with Crippen LogP contribution in [0.4, 0.5) is 0 Å². The van der Waals surface area contributed by atoms with Crippen molar-refractivity contribution in [1.29, 1.82) is 0 Å². The molecule has 0 atom stereocenters. The largest absolute Gasteiger partial charge is 0.303 e. The lowest BCUT2D eigenvalue weighted by Gasteiger charge is -2.12. The summed E-state index contributed by atoms with van der Waals surface area (Å²) in [5.41, 5.74) is 0.644. The normalized spacial score (nSPS) is 17.0. The van der Waals surface area contributed by atoms with Crippen LogP contribution in [0.25, 0.3) is 5.65 Å². The molecule has 3 heterocycles. The van der Waals surface area contributed by atoms with E-state index in [0.29, 0.717) is 10.8 Å². The molecule has 17 heavy (non-hydrogen) atoms. The van der Waals surface area contributed by atoms with E-state index in [1.165, 1.54) is 25.9 Å². The zero-order chi connectivity index (χ0) is 11.7. The number of fused-ring (bicyclic) bond motifs is 1. The van der Waals surface area contributed by atoms with Crippen LogP contribution in [0.1, 0.15) is 18.7 Å². The van der Waals surface area contributed by atoms with E-state index in [2.05, 4.69) is 20.1 Å². The van der Waals surface area contributed by atoms with Gasteiger partial charge in [0.25, 0.3) is 0 Å². The van der Waals surface area contributed by atoms with Gasteiger partial charge >= 0.3 is 0 Å². The second kappa shape index (κ2) is 4.58. The maximum absolute atomic E-state index is 5.95. The van der Waals surface area contributed by atoms with Gasteiger partial charge in [0.1, 0.15) is 5.82 Å². The molecular formula is C11H14ClN5. The first kappa shape index (κ1) is 10.9. The fourth-order valence-electron chi connectivity index (χ4n) is 2.28. The van der Waals surface area contributed by atoms with Gasteiger partial charge in [-0.05, 0) is 25.9 Å². The minimum absolute atomic E-state index is 0.410. The van der Waals surface area contributed by atoms with Gasteiger partial charge in [0.2, 0.25) is 0 Å². The number of rotatable bonds is 3.